The van der Waals surface area contributed by atoms with Crippen LogP contribution in [0.25, 0.3) is 0 Å². The minimum atomic E-state index is 0.599. The molecule has 21 heavy (non-hydrogen) atoms. The first-order chi connectivity index (χ1) is 10.3. The first-order valence-corrected chi connectivity index (χ1v) is 8.46. The molecule has 1 aliphatic carbocycles. The molecule has 0 aromatic carbocycles. The van der Waals surface area contributed by atoms with E-state index in [0.717, 1.165) is 31.4 Å². The van der Waals surface area contributed by atoms with Gasteiger partial charge in [-0.05, 0) is 30.4 Å². The van der Waals surface area contributed by atoms with Crippen LogP contribution < -0.4 is 5.32 Å². The van der Waals surface area contributed by atoms with Gasteiger partial charge in [-0.2, -0.15) is 4.80 Å². The van der Waals surface area contributed by atoms with Gasteiger partial charge in [0, 0.05) is 25.2 Å². The van der Waals surface area contributed by atoms with E-state index in [4.69, 9.17) is 0 Å². The molecule has 1 aliphatic heterocycles. The summed E-state index contributed by atoms with van der Waals surface area (Å²) in [5.74, 6) is 1.69. The molecule has 118 valence electrons. The second kappa shape index (κ2) is 6.83. The SMILES string of the molecule is CCC1CN(Cc2nnn(C)n2)C(C2CCCCC2)CN1. The fraction of sp³-hybridized carbons (Fsp3) is 0.933. The summed E-state index contributed by atoms with van der Waals surface area (Å²) in [7, 11) is 1.84. The lowest BCUT2D eigenvalue weighted by molar-refractivity contribution is 0.0623. The third-order valence-corrected chi connectivity index (χ3v) is 5.12. The van der Waals surface area contributed by atoms with Crippen molar-refractivity contribution >= 4 is 0 Å². The van der Waals surface area contributed by atoms with Gasteiger partial charge >= 0.3 is 0 Å². The Labute approximate surface area is 127 Å². The Kier molecular flexibility index (Phi) is 4.85. The second-order valence-electron chi connectivity index (χ2n) is 6.60. The van der Waals surface area contributed by atoms with Crippen molar-refractivity contribution in [2.24, 2.45) is 13.0 Å². The lowest BCUT2D eigenvalue weighted by Crippen LogP contribution is -2.58. The molecule has 1 aromatic rings. The van der Waals surface area contributed by atoms with Crippen molar-refractivity contribution in [1.29, 1.82) is 0 Å². The van der Waals surface area contributed by atoms with Gasteiger partial charge in [-0.15, -0.1) is 10.2 Å². The van der Waals surface area contributed by atoms with E-state index in [2.05, 4.69) is 32.6 Å². The van der Waals surface area contributed by atoms with Gasteiger partial charge in [0.15, 0.2) is 5.82 Å². The number of rotatable bonds is 4. The lowest BCUT2D eigenvalue weighted by Gasteiger charge is -2.44. The molecule has 1 saturated carbocycles. The molecule has 2 aliphatic rings. The van der Waals surface area contributed by atoms with Crippen LogP contribution in [0.15, 0.2) is 0 Å². The molecule has 0 bridgehead atoms. The van der Waals surface area contributed by atoms with Crippen LogP contribution >= 0.6 is 0 Å². The Hall–Kier alpha value is -1.01. The van der Waals surface area contributed by atoms with Crippen LogP contribution in [0.5, 0.6) is 0 Å². The topological polar surface area (TPSA) is 58.9 Å². The molecule has 0 spiro atoms. The Morgan fingerprint density at radius 1 is 1.24 bits per heavy atom. The molecule has 6 heteroatoms. The minimum absolute atomic E-state index is 0.599. The molecule has 2 heterocycles. The summed E-state index contributed by atoms with van der Waals surface area (Å²) in [4.78, 5) is 4.17. The summed E-state index contributed by atoms with van der Waals surface area (Å²) in [6.07, 6.45) is 8.16. The number of nitrogens with zero attached hydrogens (tertiary/aromatic N) is 5. The quantitative estimate of drug-likeness (QED) is 0.907. The Morgan fingerprint density at radius 2 is 2.05 bits per heavy atom. The second-order valence-corrected chi connectivity index (χ2v) is 6.60. The number of hydrogen-bond acceptors (Lipinski definition) is 5. The van der Waals surface area contributed by atoms with E-state index in [1.165, 1.54) is 38.5 Å². The van der Waals surface area contributed by atoms with Crippen LogP contribution in [0, 0.1) is 5.92 Å². The highest BCUT2D eigenvalue weighted by Gasteiger charge is 2.34. The summed E-state index contributed by atoms with van der Waals surface area (Å²) in [5.41, 5.74) is 0. The third-order valence-electron chi connectivity index (χ3n) is 5.12. The molecule has 3 rings (SSSR count). The van der Waals surface area contributed by atoms with Crippen molar-refractivity contribution in [3.05, 3.63) is 5.82 Å². The largest absolute Gasteiger partial charge is 0.311 e. The van der Waals surface area contributed by atoms with Crippen molar-refractivity contribution in [2.45, 2.75) is 64.1 Å². The van der Waals surface area contributed by atoms with Crippen molar-refractivity contribution in [2.75, 3.05) is 13.1 Å². The monoisotopic (exact) mass is 292 g/mol. The van der Waals surface area contributed by atoms with Crippen molar-refractivity contribution in [3.8, 4) is 0 Å². The van der Waals surface area contributed by atoms with Crippen LogP contribution in [0.1, 0.15) is 51.3 Å². The molecule has 1 aromatic heterocycles. The molecular formula is C15H28N6. The summed E-state index contributed by atoms with van der Waals surface area (Å²) < 4.78 is 0. The highest BCUT2D eigenvalue weighted by molar-refractivity contribution is 4.92. The van der Waals surface area contributed by atoms with Gasteiger partial charge in [0.1, 0.15) is 0 Å². The predicted molar refractivity (Wildman–Crippen MR) is 81.7 cm³/mol. The molecular weight excluding hydrogens is 264 g/mol. The van der Waals surface area contributed by atoms with Crippen molar-refractivity contribution in [3.63, 3.8) is 0 Å². The zero-order valence-corrected chi connectivity index (χ0v) is 13.3. The van der Waals surface area contributed by atoms with E-state index >= 15 is 0 Å². The van der Waals surface area contributed by atoms with E-state index in [0.29, 0.717) is 12.1 Å². The Bertz CT molecular complexity index is 439. The van der Waals surface area contributed by atoms with E-state index in [1.54, 1.807) is 4.80 Å². The normalized spacial score (nSPS) is 28.9. The van der Waals surface area contributed by atoms with Gasteiger partial charge in [-0.1, -0.05) is 26.2 Å². The minimum Gasteiger partial charge on any atom is -0.311 e. The highest BCUT2D eigenvalue weighted by Crippen LogP contribution is 2.30. The zero-order chi connectivity index (χ0) is 14.7. The third kappa shape index (κ3) is 3.61. The number of aromatic nitrogens is 4. The maximum absolute atomic E-state index is 4.37. The average molecular weight is 292 g/mol. The summed E-state index contributed by atoms with van der Waals surface area (Å²) >= 11 is 0. The maximum atomic E-state index is 4.37. The fourth-order valence-corrected chi connectivity index (χ4v) is 3.91. The summed E-state index contributed by atoms with van der Waals surface area (Å²) in [6.45, 7) is 5.32. The van der Waals surface area contributed by atoms with Crippen LogP contribution in [0.2, 0.25) is 0 Å². The first-order valence-electron chi connectivity index (χ1n) is 8.46. The molecule has 2 fully saturated rings. The van der Waals surface area contributed by atoms with Gasteiger partial charge < -0.3 is 5.32 Å². The smallest absolute Gasteiger partial charge is 0.188 e. The molecule has 2 atom stereocenters. The molecule has 0 amide bonds. The van der Waals surface area contributed by atoms with E-state index < -0.39 is 0 Å². The zero-order valence-electron chi connectivity index (χ0n) is 13.3. The van der Waals surface area contributed by atoms with Gasteiger partial charge in [0.25, 0.3) is 0 Å². The van der Waals surface area contributed by atoms with E-state index in [1.807, 2.05) is 7.05 Å². The number of nitrogens with one attached hydrogen (secondary N) is 1. The van der Waals surface area contributed by atoms with Crippen LogP contribution in [0.3, 0.4) is 0 Å². The van der Waals surface area contributed by atoms with E-state index in [9.17, 15) is 0 Å². The van der Waals surface area contributed by atoms with Crippen molar-refractivity contribution in [1.82, 2.24) is 30.4 Å². The van der Waals surface area contributed by atoms with Gasteiger partial charge in [0.2, 0.25) is 0 Å². The molecule has 0 radical (unpaired) electrons. The van der Waals surface area contributed by atoms with Crippen LogP contribution in [0.4, 0.5) is 0 Å². The number of tetrazole rings is 1. The molecule has 1 N–H and O–H groups in total. The van der Waals surface area contributed by atoms with Crippen LogP contribution in [-0.4, -0.2) is 50.3 Å². The lowest BCUT2D eigenvalue weighted by atomic mass is 9.82. The summed E-state index contributed by atoms with van der Waals surface area (Å²) in [6, 6.07) is 1.23. The van der Waals surface area contributed by atoms with Crippen LogP contribution in [-0.2, 0) is 13.6 Å². The average Bonchev–Trinajstić information content (AvgIpc) is 2.93. The predicted octanol–water partition coefficient (Wildman–Crippen LogP) is 1.34. The standard InChI is InChI=1S/C15H28N6/c1-3-13-10-21(11-15-17-19-20(2)18-15)14(9-16-13)12-7-5-4-6-8-12/h12-14,16H,3-11H2,1-2H3. The van der Waals surface area contributed by atoms with Crippen molar-refractivity contribution < 1.29 is 0 Å². The molecule has 6 nitrogen and oxygen atoms in total. The highest BCUT2D eigenvalue weighted by atomic mass is 15.6. The maximum Gasteiger partial charge on any atom is 0.188 e. The van der Waals surface area contributed by atoms with Gasteiger partial charge in [-0.3, -0.25) is 4.90 Å². The number of hydrogen-bond donors (Lipinski definition) is 1. The van der Waals surface area contributed by atoms with Gasteiger partial charge in [-0.25, -0.2) is 0 Å². The number of aryl methyl sites for hydroxylation is 1. The van der Waals surface area contributed by atoms with Gasteiger partial charge in [0.05, 0.1) is 13.6 Å². The Morgan fingerprint density at radius 3 is 2.71 bits per heavy atom. The summed E-state index contributed by atoms with van der Waals surface area (Å²) in [5, 5.41) is 16.3. The fourth-order valence-electron chi connectivity index (χ4n) is 3.91. The number of piperazine rings is 1. The molecule has 1 saturated heterocycles. The molecule has 2 unspecified atom stereocenters. The first kappa shape index (κ1) is 14.9. The van der Waals surface area contributed by atoms with E-state index in [-0.39, 0.29) is 0 Å². The Balaban J connectivity index is 1.69.